The predicted octanol–water partition coefficient (Wildman–Crippen LogP) is 0.909. The molecule has 0 aliphatic rings. The molecular formula is C9H14N2O2S. The van der Waals surface area contributed by atoms with E-state index in [0.29, 0.717) is 12.2 Å². The Labute approximate surface area is 84.4 Å². The molecule has 5 heteroatoms. The average Bonchev–Trinajstić information content (AvgIpc) is 2.17. The first-order valence-corrected chi connectivity index (χ1v) is 5.74. The Morgan fingerprint density at radius 1 is 1.29 bits per heavy atom. The number of sulfonamides is 1. The van der Waals surface area contributed by atoms with Gasteiger partial charge in [0.15, 0.2) is 0 Å². The number of nitrogens with two attached hydrogens (primary N) is 1. The first-order chi connectivity index (χ1) is 6.48. The zero-order valence-corrected chi connectivity index (χ0v) is 9.08. The van der Waals surface area contributed by atoms with E-state index >= 15 is 0 Å². The van der Waals surface area contributed by atoms with Crippen LogP contribution in [0.5, 0.6) is 0 Å². The maximum absolute atomic E-state index is 11.8. The van der Waals surface area contributed by atoms with E-state index in [2.05, 4.69) is 0 Å². The van der Waals surface area contributed by atoms with Gasteiger partial charge in [0.2, 0.25) is 10.0 Å². The lowest BCUT2D eigenvalue weighted by Gasteiger charge is -2.14. The zero-order chi connectivity index (χ0) is 10.8. The van der Waals surface area contributed by atoms with Gasteiger partial charge in [0.25, 0.3) is 0 Å². The van der Waals surface area contributed by atoms with Crippen molar-refractivity contribution in [3.8, 4) is 0 Å². The SMILES string of the molecule is CCN(C)S(=O)(=O)c1ccc(N)cc1. The second-order valence-corrected chi connectivity index (χ2v) is 5.03. The van der Waals surface area contributed by atoms with Crippen LogP contribution >= 0.6 is 0 Å². The molecule has 0 fully saturated rings. The number of nitrogens with zero attached hydrogens (tertiary/aromatic N) is 1. The van der Waals surface area contributed by atoms with Gasteiger partial charge in [0.05, 0.1) is 4.90 Å². The maximum atomic E-state index is 11.8. The highest BCUT2D eigenvalue weighted by molar-refractivity contribution is 7.89. The highest BCUT2D eigenvalue weighted by Crippen LogP contribution is 2.15. The molecular weight excluding hydrogens is 200 g/mol. The molecule has 0 unspecified atom stereocenters. The van der Waals surface area contributed by atoms with Gasteiger partial charge < -0.3 is 5.73 Å². The summed E-state index contributed by atoms with van der Waals surface area (Å²) in [6.45, 7) is 2.24. The van der Waals surface area contributed by atoms with Gasteiger partial charge in [0.1, 0.15) is 0 Å². The average molecular weight is 214 g/mol. The minimum atomic E-state index is -3.33. The molecule has 0 aliphatic heterocycles. The van der Waals surface area contributed by atoms with Crippen molar-refractivity contribution in [2.45, 2.75) is 11.8 Å². The third-order valence-electron chi connectivity index (χ3n) is 2.03. The van der Waals surface area contributed by atoms with Gasteiger partial charge in [-0.05, 0) is 24.3 Å². The molecule has 0 saturated heterocycles. The van der Waals surface area contributed by atoms with Crippen molar-refractivity contribution in [1.82, 2.24) is 4.31 Å². The first kappa shape index (κ1) is 11.0. The molecule has 4 nitrogen and oxygen atoms in total. The highest BCUT2D eigenvalue weighted by Gasteiger charge is 2.18. The summed E-state index contributed by atoms with van der Waals surface area (Å²) in [4.78, 5) is 0.274. The quantitative estimate of drug-likeness (QED) is 0.761. The third-order valence-corrected chi connectivity index (χ3v) is 3.98. The minimum Gasteiger partial charge on any atom is -0.399 e. The molecule has 1 rings (SSSR count). The maximum Gasteiger partial charge on any atom is 0.242 e. The van der Waals surface area contributed by atoms with Crippen LogP contribution in [0.15, 0.2) is 29.2 Å². The van der Waals surface area contributed by atoms with E-state index in [9.17, 15) is 8.42 Å². The van der Waals surface area contributed by atoms with Crippen molar-refractivity contribution in [2.24, 2.45) is 0 Å². The van der Waals surface area contributed by atoms with Crippen molar-refractivity contribution in [2.75, 3.05) is 19.3 Å². The van der Waals surface area contributed by atoms with Gasteiger partial charge >= 0.3 is 0 Å². The lowest BCUT2D eigenvalue weighted by atomic mass is 10.3. The van der Waals surface area contributed by atoms with Crippen molar-refractivity contribution in [1.29, 1.82) is 0 Å². The van der Waals surface area contributed by atoms with Crippen LogP contribution in [-0.4, -0.2) is 26.3 Å². The molecule has 1 aromatic carbocycles. The van der Waals surface area contributed by atoms with E-state index in [1.54, 1.807) is 26.1 Å². The predicted molar refractivity (Wildman–Crippen MR) is 56.3 cm³/mol. The van der Waals surface area contributed by atoms with Gasteiger partial charge in [0, 0.05) is 19.3 Å². The van der Waals surface area contributed by atoms with Crippen LogP contribution < -0.4 is 5.73 Å². The summed E-state index contributed by atoms with van der Waals surface area (Å²) in [5, 5.41) is 0. The van der Waals surface area contributed by atoms with Gasteiger partial charge in [-0.15, -0.1) is 0 Å². The summed E-state index contributed by atoms with van der Waals surface area (Å²) in [6, 6.07) is 6.18. The smallest absolute Gasteiger partial charge is 0.242 e. The Balaban J connectivity index is 3.11. The lowest BCUT2D eigenvalue weighted by molar-refractivity contribution is 0.486. The second kappa shape index (κ2) is 3.98. The van der Waals surface area contributed by atoms with Gasteiger partial charge in [-0.3, -0.25) is 0 Å². The molecule has 0 bridgehead atoms. The Kier molecular flexibility index (Phi) is 3.13. The Morgan fingerprint density at radius 3 is 2.21 bits per heavy atom. The van der Waals surface area contributed by atoms with Crippen LogP contribution in [-0.2, 0) is 10.0 Å². The summed E-state index contributed by atoms with van der Waals surface area (Å²) in [7, 11) is -1.78. The van der Waals surface area contributed by atoms with Gasteiger partial charge in [-0.2, -0.15) is 0 Å². The molecule has 0 atom stereocenters. The van der Waals surface area contributed by atoms with Gasteiger partial charge in [-0.25, -0.2) is 12.7 Å². The van der Waals surface area contributed by atoms with Crippen LogP contribution in [0, 0.1) is 0 Å². The topological polar surface area (TPSA) is 63.4 Å². The standard InChI is InChI=1S/C9H14N2O2S/c1-3-11(2)14(12,13)9-6-4-8(10)5-7-9/h4-7H,3,10H2,1-2H3. The summed E-state index contributed by atoms with van der Waals surface area (Å²) in [5.74, 6) is 0. The van der Waals surface area contributed by atoms with Gasteiger partial charge in [-0.1, -0.05) is 6.92 Å². The Morgan fingerprint density at radius 2 is 1.79 bits per heavy atom. The van der Waals surface area contributed by atoms with Crippen molar-refractivity contribution < 1.29 is 8.42 Å². The number of rotatable bonds is 3. The number of nitrogen functional groups attached to an aromatic ring is 1. The second-order valence-electron chi connectivity index (χ2n) is 2.99. The summed E-state index contributed by atoms with van der Waals surface area (Å²) in [6.07, 6.45) is 0. The Bertz CT molecular complexity index is 397. The van der Waals surface area contributed by atoms with Crippen molar-refractivity contribution in [3.05, 3.63) is 24.3 Å². The van der Waals surface area contributed by atoms with Crippen LogP contribution in [0.4, 0.5) is 5.69 Å². The van der Waals surface area contributed by atoms with Crippen LogP contribution in [0.2, 0.25) is 0 Å². The Hall–Kier alpha value is -1.07. The van der Waals surface area contributed by atoms with Crippen molar-refractivity contribution in [3.63, 3.8) is 0 Å². The first-order valence-electron chi connectivity index (χ1n) is 4.30. The summed E-state index contributed by atoms with van der Waals surface area (Å²) >= 11 is 0. The van der Waals surface area contributed by atoms with Crippen LogP contribution in [0.1, 0.15) is 6.92 Å². The number of hydrogen-bond donors (Lipinski definition) is 1. The summed E-state index contributed by atoms with van der Waals surface area (Å²) in [5.41, 5.74) is 6.03. The molecule has 0 amide bonds. The van der Waals surface area contributed by atoms with Crippen LogP contribution in [0.3, 0.4) is 0 Å². The molecule has 78 valence electrons. The zero-order valence-electron chi connectivity index (χ0n) is 8.27. The fraction of sp³-hybridized carbons (Fsp3) is 0.333. The minimum absolute atomic E-state index is 0.274. The number of anilines is 1. The summed E-state index contributed by atoms with van der Waals surface area (Å²) < 4.78 is 24.8. The highest BCUT2D eigenvalue weighted by atomic mass is 32.2. The normalized spacial score (nSPS) is 11.9. The van der Waals surface area contributed by atoms with E-state index < -0.39 is 10.0 Å². The molecule has 0 aliphatic carbocycles. The molecule has 0 aromatic heterocycles. The van der Waals surface area contributed by atoms with E-state index in [1.807, 2.05) is 0 Å². The fourth-order valence-electron chi connectivity index (χ4n) is 0.990. The van der Waals surface area contributed by atoms with E-state index in [0.717, 1.165) is 0 Å². The lowest BCUT2D eigenvalue weighted by Crippen LogP contribution is -2.26. The van der Waals surface area contributed by atoms with E-state index in [4.69, 9.17) is 5.73 Å². The molecule has 2 N–H and O–H groups in total. The third kappa shape index (κ3) is 2.05. The van der Waals surface area contributed by atoms with E-state index in [1.165, 1.54) is 16.4 Å². The van der Waals surface area contributed by atoms with Crippen molar-refractivity contribution >= 4 is 15.7 Å². The monoisotopic (exact) mass is 214 g/mol. The molecule has 0 heterocycles. The molecule has 14 heavy (non-hydrogen) atoms. The van der Waals surface area contributed by atoms with Crippen LogP contribution in [0.25, 0.3) is 0 Å². The number of hydrogen-bond acceptors (Lipinski definition) is 3. The number of benzene rings is 1. The molecule has 0 radical (unpaired) electrons. The molecule has 1 aromatic rings. The fourth-order valence-corrected chi connectivity index (χ4v) is 2.17. The van der Waals surface area contributed by atoms with E-state index in [-0.39, 0.29) is 4.90 Å². The molecule has 0 saturated carbocycles. The largest absolute Gasteiger partial charge is 0.399 e. The molecule has 0 spiro atoms.